The number of carbonyl (C=O) groups excluding carboxylic acids is 3. The van der Waals surface area contributed by atoms with Gasteiger partial charge in [0, 0.05) is 45.0 Å². The van der Waals surface area contributed by atoms with Gasteiger partial charge in [0.1, 0.15) is 5.69 Å². The van der Waals surface area contributed by atoms with Crippen molar-refractivity contribution in [2.45, 2.75) is 31.8 Å². The van der Waals surface area contributed by atoms with Gasteiger partial charge in [-0.1, -0.05) is 48.5 Å². The minimum absolute atomic E-state index is 0.276. The predicted octanol–water partition coefficient (Wildman–Crippen LogP) is 5.53. The number of piperazine rings is 1. The lowest BCUT2D eigenvalue weighted by Gasteiger charge is -2.39. The lowest BCUT2D eigenvalue weighted by molar-refractivity contribution is 0.0570. The molecule has 248 valence electrons. The first-order valence-electron chi connectivity index (χ1n) is 16.4. The van der Waals surface area contributed by atoms with Crippen molar-refractivity contribution in [2.75, 3.05) is 51.8 Å². The van der Waals surface area contributed by atoms with Gasteiger partial charge in [0.05, 0.1) is 37.1 Å². The van der Waals surface area contributed by atoms with E-state index in [9.17, 15) is 14.4 Å². The van der Waals surface area contributed by atoms with Crippen molar-refractivity contribution in [1.82, 2.24) is 20.1 Å². The van der Waals surface area contributed by atoms with Crippen molar-refractivity contribution >= 4 is 23.4 Å². The molecule has 10 nitrogen and oxygen atoms in total. The monoisotopic (exact) mass is 647 g/mol. The Kier molecular flexibility index (Phi) is 10.0. The second kappa shape index (κ2) is 14.7. The molecule has 48 heavy (non-hydrogen) atoms. The number of ether oxygens (including phenoxy) is 2. The molecule has 0 saturated carbocycles. The summed E-state index contributed by atoms with van der Waals surface area (Å²) in [4.78, 5) is 51.3. The summed E-state index contributed by atoms with van der Waals surface area (Å²) in [5.74, 6) is 0.131. The molecule has 2 aliphatic heterocycles. The van der Waals surface area contributed by atoms with E-state index in [-0.39, 0.29) is 23.8 Å². The number of hydrogen-bond acceptors (Lipinski definition) is 8. The Morgan fingerprint density at radius 1 is 0.833 bits per heavy atom. The highest BCUT2D eigenvalue weighted by Crippen LogP contribution is 2.40. The molecule has 2 atom stereocenters. The van der Waals surface area contributed by atoms with Crippen LogP contribution in [0, 0.1) is 0 Å². The molecular formula is C38H41N5O5. The second-order valence-corrected chi connectivity index (χ2v) is 12.0. The Bertz CT molecular complexity index is 1760. The topological polar surface area (TPSA) is 104 Å². The molecule has 1 fully saturated rings. The molecule has 10 heteroatoms. The van der Waals surface area contributed by atoms with E-state index in [1.165, 1.54) is 10.5 Å². The molecule has 4 aromatic rings. The summed E-state index contributed by atoms with van der Waals surface area (Å²) in [6.07, 6.45) is 2.51. The van der Waals surface area contributed by atoms with Crippen molar-refractivity contribution in [1.29, 1.82) is 0 Å². The first kappa shape index (κ1) is 32.7. The largest absolute Gasteiger partial charge is 0.493 e. The van der Waals surface area contributed by atoms with E-state index in [2.05, 4.69) is 51.3 Å². The van der Waals surface area contributed by atoms with E-state index in [1.807, 2.05) is 30.3 Å². The molecule has 1 aromatic heterocycles. The molecule has 6 rings (SSSR count). The molecule has 0 radical (unpaired) electrons. The summed E-state index contributed by atoms with van der Waals surface area (Å²) >= 11 is 0. The third-order valence-corrected chi connectivity index (χ3v) is 9.35. The Labute approximate surface area is 281 Å². The standard InChI is InChI=1S/C38H41N5O5/c1-26(27-11-5-4-6-12-27)41-21-23-42(24-22-41)32-15-9-13-29-35(32)38(46)43(37(29)45)31(28-17-18-33(47-2)34(25-28)48-3)16-10-20-40-36(44)30-14-7-8-19-39-30/h4-9,11-15,17-19,25-26,31H,10,16,20-24H2,1-3H3,(H,40,44)/t26?,31-/m1/s1. The number of benzene rings is 3. The van der Waals surface area contributed by atoms with Crippen LogP contribution in [0.1, 0.15) is 74.2 Å². The number of amides is 3. The van der Waals surface area contributed by atoms with E-state index in [0.717, 1.165) is 37.4 Å². The Morgan fingerprint density at radius 2 is 1.58 bits per heavy atom. The number of nitrogens with one attached hydrogen (secondary N) is 1. The van der Waals surface area contributed by atoms with Gasteiger partial charge in [-0.15, -0.1) is 0 Å². The second-order valence-electron chi connectivity index (χ2n) is 12.0. The van der Waals surface area contributed by atoms with Crippen LogP contribution in [0.5, 0.6) is 11.5 Å². The number of imide groups is 1. The van der Waals surface area contributed by atoms with Crippen LogP contribution in [-0.4, -0.2) is 79.4 Å². The lowest BCUT2D eigenvalue weighted by atomic mass is 9.99. The van der Waals surface area contributed by atoms with Gasteiger partial charge in [-0.2, -0.15) is 0 Å². The molecule has 3 aromatic carbocycles. The van der Waals surface area contributed by atoms with E-state index in [1.54, 1.807) is 50.7 Å². The average Bonchev–Trinajstić information content (AvgIpc) is 3.40. The quantitative estimate of drug-likeness (QED) is 0.158. The molecule has 0 bridgehead atoms. The van der Waals surface area contributed by atoms with Crippen molar-refractivity contribution < 1.29 is 23.9 Å². The fraction of sp³-hybridized carbons (Fsp3) is 0.316. The number of hydrogen-bond donors (Lipinski definition) is 1. The van der Waals surface area contributed by atoms with Crippen molar-refractivity contribution in [3.63, 3.8) is 0 Å². The minimum Gasteiger partial charge on any atom is -0.493 e. The zero-order chi connectivity index (χ0) is 33.6. The third kappa shape index (κ3) is 6.61. The van der Waals surface area contributed by atoms with Crippen LogP contribution >= 0.6 is 0 Å². The summed E-state index contributed by atoms with van der Waals surface area (Å²) in [5, 5.41) is 2.91. The summed E-state index contributed by atoms with van der Waals surface area (Å²) in [5.41, 5.74) is 3.99. The van der Waals surface area contributed by atoms with Crippen LogP contribution in [0.15, 0.2) is 91.1 Å². The smallest absolute Gasteiger partial charge is 0.269 e. The lowest BCUT2D eigenvalue weighted by Crippen LogP contribution is -2.47. The van der Waals surface area contributed by atoms with E-state index in [0.29, 0.717) is 47.7 Å². The molecule has 1 unspecified atom stereocenters. The Balaban J connectivity index is 1.22. The van der Waals surface area contributed by atoms with E-state index < -0.39 is 6.04 Å². The molecule has 2 aliphatic rings. The normalized spacial score (nSPS) is 16.0. The van der Waals surface area contributed by atoms with Gasteiger partial charge in [0.2, 0.25) is 0 Å². The van der Waals surface area contributed by atoms with Gasteiger partial charge in [-0.3, -0.25) is 29.2 Å². The number of anilines is 1. The fourth-order valence-corrected chi connectivity index (χ4v) is 6.71. The number of rotatable bonds is 12. The first-order chi connectivity index (χ1) is 23.4. The highest BCUT2D eigenvalue weighted by atomic mass is 16.5. The fourth-order valence-electron chi connectivity index (χ4n) is 6.71. The molecule has 3 amide bonds. The minimum atomic E-state index is -0.597. The maximum Gasteiger partial charge on any atom is 0.269 e. The van der Waals surface area contributed by atoms with Gasteiger partial charge < -0.3 is 19.7 Å². The third-order valence-electron chi connectivity index (χ3n) is 9.35. The Hall–Kier alpha value is -5.22. The van der Waals surface area contributed by atoms with Gasteiger partial charge in [-0.05, 0) is 67.3 Å². The number of nitrogens with zero attached hydrogens (tertiary/aromatic N) is 4. The number of pyridine rings is 1. The van der Waals surface area contributed by atoms with Gasteiger partial charge in [-0.25, -0.2) is 0 Å². The average molecular weight is 648 g/mol. The van der Waals surface area contributed by atoms with Crippen molar-refractivity contribution in [3.8, 4) is 11.5 Å². The molecule has 0 spiro atoms. The van der Waals surface area contributed by atoms with Crippen molar-refractivity contribution in [3.05, 3.63) is 119 Å². The van der Waals surface area contributed by atoms with Gasteiger partial charge in [0.15, 0.2) is 11.5 Å². The van der Waals surface area contributed by atoms with Crippen LogP contribution in [0.4, 0.5) is 5.69 Å². The molecule has 1 saturated heterocycles. The van der Waals surface area contributed by atoms with Crippen LogP contribution < -0.4 is 19.7 Å². The zero-order valence-electron chi connectivity index (χ0n) is 27.6. The van der Waals surface area contributed by atoms with Crippen molar-refractivity contribution in [2.24, 2.45) is 0 Å². The number of carbonyl (C=O) groups is 3. The van der Waals surface area contributed by atoms with Crippen LogP contribution in [0.2, 0.25) is 0 Å². The van der Waals surface area contributed by atoms with Crippen LogP contribution in [0.3, 0.4) is 0 Å². The first-order valence-corrected chi connectivity index (χ1v) is 16.4. The summed E-state index contributed by atoms with van der Waals surface area (Å²) in [7, 11) is 3.12. The highest BCUT2D eigenvalue weighted by molar-refractivity contribution is 6.24. The summed E-state index contributed by atoms with van der Waals surface area (Å²) in [6, 6.07) is 26.3. The number of fused-ring (bicyclic) bond motifs is 1. The molecular weight excluding hydrogens is 606 g/mol. The summed E-state index contributed by atoms with van der Waals surface area (Å²) in [6.45, 7) is 5.73. The highest BCUT2D eigenvalue weighted by Gasteiger charge is 2.43. The van der Waals surface area contributed by atoms with Gasteiger partial charge in [0.25, 0.3) is 17.7 Å². The maximum absolute atomic E-state index is 14.4. The number of aromatic nitrogens is 1. The zero-order valence-corrected chi connectivity index (χ0v) is 27.6. The van der Waals surface area contributed by atoms with Crippen LogP contribution in [0.25, 0.3) is 0 Å². The molecule has 1 N–H and O–H groups in total. The Morgan fingerprint density at radius 3 is 2.29 bits per heavy atom. The number of methoxy groups -OCH3 is 2. The SMILES string of the molecule is COc1ccc([C@@H](CCCNC(=O)c2ccccn2)N2C(=O)c3cccc(N4CCN(C(C)c5ccccc5)CC4)c3C2=O)cc1OC. The molecule has 3 heterocycles. The van der Waals surface area contributed by atoms with Crippen LogP contribution in [-0.2, 0) is 0 Å². The molecule has 0 aliphatic carbocycles. The van der Waals surface area contributed by atoms with E-state index >= 15 is 0 Å². The van der Waals surface area contributed by atoms with E-state index in [4.69, 9.17) is 9.47 Å². The van der Waals surface area contributed by atoms with Gasteiger partial charge >= 0.3 is 0 Å². The summed E-state index contributed by atoms with van der Waals surface area (Å²) < 4.78 is 11.0. The maximum atomic E-state index is 14.4. The predicted molar refractivity (Wildman–Crippen MR) is 184 cm³/mol.